The Kier molecular flexibility index (Phi) is 8.51. The maximum atomic E-state index is 9.48. The highest BCUT2D eigenvalue weighted by Gasteiger charge is 2.10. The maximum Gasteiger partial charge on any atom is 0.188 e. The monoisotopic (exact) mass is 335 g/mol. The fourth-order valence-corrected chi connectivity index (χ4v) is 2.63. The molecule has 0 aromatic carbocycles. The number of nitrogens with zero attached hydrogens (tertiary/aromatic N) is 3. The van der Waals surface area contributed by atoms with Gasteiger partial charge in [-0.3, -0.25) is 14.9 Å². The van der Waals surface area contributed by atoms with Crippen LogP contribution in [0.3, 0.4) is 0 Å². The van der Waals surface area contributed by atoms with E-state index in [1.807, 2.05) is 18.2 Å². The van der Waals surface area contributed by atoms with Crippen molar-refractivity contribution < 1.29 is 9.84 Å². The number of rotatable bonds is 9. The molecular formula is C17H29N5O2. The van der Waals surface area contributed by atoms with E-state index in [1.165, 1.54) is 0 Å². The molecule has 1 saturated heterocycles. The minimum absolute atomic E-state index is 0.0357. The van der Waals surface area contributed by atoms with Crippen LogP contribution in [0.1, 0.15) is 12.1 Å². The summed E-state index contributed by atoms with van der Waals surface area (Å²) in [6, 6.07) is 5.79. The highest BCUT2D eigenvalue weighted by molar-refractivity contribution is 5.77. The number of hydrogen-bond donors (Lipinski definition) is 3. The van der Waals surface area contributed by atoms with Crippen LogP contribution in [-0.4, -0.2) is 73.5 Å². The Morgan fingerprint density at radius 3 is 2.96 bits per heavy atom. The topological polar surface area (TPSA) is 96.0 Å². The van der Waals surface area contributed by atoms with Gasteiger partial charge in [0.2, 0.25) is 0 Å². The van der Waals surface area contributed by atoms with Gasteiger partial charge in [-0.05, 0) is 31.5 Å². The summed E-state index contributed by atoms with van der Waals surface area (Å²) in [6.45, 7) is 6.09. The zero-order valence-electron chi connectivity index (χ0n) is 14.2. The van der Waals surface area contributed by atoms with E-state index in [-0.39, 0.29) is 12.5 Å². The first-order valence-electron chi connectivity index (χ1n) is 8.62. The van der Waals surface area contributed by atoms with E-state index >= 15 is 0 Å². The highest BCUT2D eigenvalue weighted by atomic mass is 16.5. The Morgan fingerprint density at radius 2 is 2.25 bits per heavy atom. The predicted octanol–water partition coefficient (Wildman–Crippen LogP) is -0.141. The van der Waals surface area contributed by atoms with Crippen molar-refractivity contribution in [1.82, 2.24) is 15.2 Å². The second-order valence-electron chi connectivity index (χ2n) is 6.03. The molecule has 134 valence electrons. The lowest BCUT2D eigenvalue weighted by Crippen LogP contribution is -2.39. The van der Waals surface area contributed by atoms with Crippen LogP contribution in [0.5, 0.6) is 0 Å². The quantitative estimate of drug-likeness (QED) is 0.330. The lowest BCUT2D eigenvalue weighted by atomic mass is 10.0. The molecule has 0 aliphatic carbocycles. The van der Waals surface area contributed by atoms with Crippen LogP contribution >= 0.6 is 0 Å². The van der Waals surface area contributed by atoms with Crippen molar-refractivity contribution in [2.24, 2.45) is 16.6 Å². The number of aliphatic hydroxyl groups excluding tert-OH is 1. The molecule has 1 aromatic rings. The van der Waals surface area contributed by atoms with Crippen molar-refractivity contribution in [1.29, 1.82) is 0 Å². The molecular weight excluding hydrogens is 306 g/mol. The summed E-state index contributed by atoms with van der Waals surface area (Å²) in [5, 5.41) is 12.6. The Balaban J connectivity index is 1.62. The summed E-state index contributed by atoms with van der Waals surface area (Å²) in [4.78, 5) is 11.0. The van der Waals surface area contributed by atoms with E-state index in [0.29, 0.717) is 18.9 Å². The number of nitrogens with two attached hydrogens (primary N) is 1. The fourth-order valence-electron chi connectivity index (χ4n) is 2.63. The number of hydrogen-bond acceptors (Lipinski definition) is 5. The van der Waals surface area contributed by atoms with Gasteiger partial charge in [-0.25, -0.2) is 0 Å². The third kappa shape index (κ3) is 7.25. The zero-order chi connectivity index (χ0) is 17.0. The summed E-state index contributed by atoms with van der Waals surface area (Å²) in [6.07, 6.45) is 3.48. The third-order valence-electron chi connectivity index (χ3n) is 4.06. The Bertz CT molecular complexity index is 477. The number of morpholine rings is 1. The van der Waals surface area contributed by atoms with Gasteiger partial charge in [-0.15, -0.1) is 0 Å². The van der Waals surface area contributed by atoms with Gasteiger partial charge in [0.15, 0.2) is 5.96 Å². The van der Waals surface area contributed by atoms with Gasteiger partial charge < -0.3 is 20.9 Å². The molecule has 1 aliphatic heterocycles. The zero-order valence-corrected chi connectivity index (χ0v) is 14.2. The molecule has 0 radical (unpaired) electrons. The number of aromatic nitrogens is 1. The van der Waals surface area contributed by atoms with Crippen LogP contribution in [0.2, 0.25) is 0 Å². The smallest absolute Gasteiger partial charge is 0.188 e. The van der Waals surface area contributed by atoms with Gasteiger partial charge in [-0.2, -0.15) is 0 Å². The molecule has 0 amide bonds. The molecule has 1 unspecified atom stereocenters. The normalized spacial score (nSPS) is 17.6. The average molecular weight is 335 g/mol. The van der Waals surface area contributed by atoms with Crippen molar-refractivity contribution in [2.75, 3.05) is 52.5 Å². The second-order valence-corrected chi connectivity index (χ2v) is 6.03. The first-order chi connectivity index (χ1) is 11.8. The highest BCUT2D eigenvalue weighted by Crippen LogP contribution is 2.06. The molecule has 24 heavy (non-hydrogen) atoms. The van der Waals surface area contributed by atoms with Crippen molar-refractivity contribution >= 4 is 5.96 Å². The maximum absolute atomic E-state index is 9.48. The minimum atomic E-state index is 0.0357. The van der Waals surface area contributed by atoms with Crippen LogP contribution in [-0.2, 0) is 11.2 Å². The largest absolute Gasteiger partial charge is 0.396 e. The van der Waals surface area contributed by atoms with Gasteiger partial charge >= 0.3 is 0 Å². The number of guanidine groups is 1. The molecule has 7 heteroatoms. The molecule has 1 fully saturated rings. The summed E-state index contributed by atoms with van der Waals surface area (Å²) in [5.74, 6) is 0.477. The minimum Gasteiger partial charge on any atom is -0.396 e. The van der Waals surface area contributed by atoms with E-state index in [1.54, 1.807) is 6.20 Å². The Labute approximate surface area is 143 Å². The van der Waals surface area contributed by atoms with Gasteiger partial charge in [0.05, 0.1) is 13.2 Å². The number of nitrogens with one attached hydrogen (secondary N) is 1. The SMILES string of the molecule is NC(=NCC(CO)Cc1ccccn1)NCCCN1CCOCC1. The van der Waals surface area contributed by atoms with E-state index in [9.17, 15) is 5.11 Å². The summed E-state index contributed by atoms with van der Waals surface area (Å²) in [7, 11) is 0. The first kappa shape index (κ1) is 18.6. The molecule has 0 saturated carbocycles. The number of aliphatic hydroxyl groups is 1. The molecule has 2 rings (SSSR count). The van der Waals surface area contributed by atoms with E-state index in [4.69, 9.17) is 10.5 Å². The summed E-state index contributed by atoms with van der Waals surface area (Å²) >= 11 is 0. The van der Waals surface area contributed by atoms with Crippen molar-refractivity contribution in [3.8, 4) is 0 Å². The average Bonchev–Trinajstić information content (AvgIpc) is 2.64. The molecule has 1 atom stereocenters. The van der Waals surface area contributed by atoms with Crippen LogP contribution in [0.25, 0.3) is 0 Å². The molecule has 0 spiro atoms. The molecule has 1 aliphatic rings. The van der Waals surface area contributed by atoms with Crippen molar-refractivity contribution in [3.05, 3.63) is 30.1 Å². The third-order valence-corrected chi connectivity index (χ3v) is 4.06. The lowest BCUT2D eigenvalue weighted by Gasteiger charge is -2.26. The van der Waals surface area contributed by atoms with Crippen LogP contribution in [0.4, 0.5) is 0 Å². The second kappa shape index (κ2) is 11.0. The molecule has 7 nitrogen and oxygen atoms in total. The van der Waals surface area contributed by atoms with E-state index in [0.717, 1.165) is 51.5 Å². The van der Waals surface area contributed by atoms with Gasteiger partial charge in [-0.1, -0.05) is 6.07 Å². The number of pyridine rings is 1. The Hall–Kier alpha value is -1.70. The molecule has 2 heterocycles. The van der Waals surface area contributed by atoms with Crippen LogP contribution < -0.4 is 11.1 Å². The van der Waals surface area contributed by atoms with Crippen LogP contribution in [0.15, 0.2) is 29.4 Å². The number of aliphatic imine (C=N–C) groups is 1. The molecule has 0 bridgehead atoms. The van der Waals surface area contributed by atoms with E-state index in [2.05, 4.69) is 20.2 Å². The van der Waals surface area contributed by atoms with Crippen LogP contribution in [0, 0.1) is 5.92 Å². The van der Waals surface area contributed by atoms with Crippen molar-refractivity contribution in [2.45, 2.75) is 12.8 Å². The number of ether oxygens (including phenoxy) is 1. The summed E-state index contributed by atoms with van der Waals surface area (Å²) < 4.78 is 5.33. The Morgan fingerprint density at radius 1 is 1.42 bits per heavy atom. The first-order valence-corrected chi connectivity index (χ1v) is 8.62. The van der Waals surface area contributed by atoms with Gasteiger partial charge in [0.1, 0.15) is 0 Å². The molecule has 4 N–H and O–H groups in total. The van der Waals surface area contributed by atoms with Crippen molar-refractivity contribution in [3.63, 3.8) is 0 Å². The summed E-state index contributed by atoms with van der Waals surface area (Å²) in [5.41, 5.74) is 6.86. The predicted molar refractivity (Wildman–Crippen MR) is 94.9 cm³/mol. The standard InChI is InChI=1S/C17H29N5O2/c18-17(20-6-3-7-22-8-10-24-11-9-22)21-13-15(14-23)12-16-4-1-2-5-19-16/h1-2,4-5,15,23H,3,6-14H2,(H3,18,20,21). The van der Waals surface area contributed by atoms with Gasteiger partial charge in [0.25, 0.3) is 0 Å². The molecule has 1 aromatic heterocycles. The van der Waals surface area contributed by atoms with E-state index < -0.39 is 0 Å². The lowest BCUT2D eigenvalue weighted by molar-refractivity contribution is 0.0376. The van der Waals surface area contributed by atoms with Gasteiger partial charge in [0, 0.05) is 50.6 Å². The fraction of sp³-hybridized carbons (Fsp3) is 0.647.